The number of ketones is 1. The lowest BCUT2D eigenvalue weighted by molar-refractivity contribution is 0.0593. The number of aromatic nitrogens is 1. The van der Waals surface area contributed by atoms with Gasteiger partial charge < -0.3 is 18.9 Å². The van der Waals surface area contributed by atoms with Crippen molar-refractivity contribution in [1.82, 2.24) is 9.47 Å². The van der Waals surface area contributed by atoms with Crippen molar-refractivity contribution in [3.63, 3.8) is 0 Å². The van der Waals surface area contributed by atoms with E-state index in [9.17, 15) is 19.2 Å². The summed E-state index contributed by atoms with van der Waals surface area (Å²) in [6, 6.07) is 11.9. The highest BCUT2D eigenvalue weighted by atomic mass is 32.1. The van der Waals surface area contributed by atoms with Crippen LogP contribution in [-0.4, -0.2) is 53.9 Å². The minimum absolute atomic E-state index is 0.186. The molecule has 1 amide bonds. The lowest BCUT2D eigenvalue weighted by Crippen LogP contribution is -2.35. The summed E-state index contributed by atoms with van der Waals surface area (Å²) < 4.78 is 12.4. The van der Waals surface area contributed by atoms with Gasteiger partial charge in [-0.05, 0) is 24.4 Å². The van der Waals surface area contributed by atoms with Gasteiger partial charge in [-0.1, -0.05) is 24.3 Å². The number of pyridine rings is 1. The standard InChI is InChI=1S/C26H26N2O6S/c1-17(29)19-7-3-4-8-20(19)25(31)27-11-9-21-24(26(32)33-2)22(16-23(30)28(21)13-12-27)34-14-10-18-6-5-15-35-18/h3-8,15-16H,9-14H2,1-2H3. The Morgan fingerprint density at radius 1 is 1.03 bits per heavy atom. The number of nitrogens with zero attached hydrogens (tertiary/aromatic N) is 2. The van der Waals surface area contributed by atoms with Gasteiger partial charge in [0.2, 0.25) is 0 Å². The molecule has 0 N–H and O–H groups in total. The molecule has 0 radical (unpaired) electrons. The van der Waals surface area contributed by atoms with Crippen LogP contribution in [0, 0.1) is 0 Å². The van der Waals surface area contributed by atoms with Crippen molar-refractivity contribution in [2.75, 3.05) is 26.8 Å². The maximum atomic E-state index is 13.3. The average Bonchev–Trinajstić information content (AvgIpc) is 3.27. The molecule has 4 rings (SSSR count). The summed E-state index contributed by atoms with van der Waals surface area (Å²) in [5.74, 6) is -0.891. The van der Waals surface area contributed by atoms with Gasteiger partial charge in [-0.15, -0.1) is 11.3 Å². The Balaban J connectivity index is 1.62. The number of ether oxygens (including phenoxy) is 2. The third-order valence-corrected chi connectivity index (χ3v) is 6.93. The molecule has 1 aromatic carbocycles. The number of hydrogen-bond donors (Lipinski definition) is 0. The van der Waals surface area contributed by atoms with Gasteiger partial charge in [-0.25, -0.2) is 4.79 Å². The van der Waals surface area contributed by atoms with Crippen LogP contribution in [0.25, 0.3) is 0 Å². The topological polar surface area (TPSA) is 94.9 Å². The van der Waals surface area contributed by atoms with Gasteiger partial charge in [0, 0.05) is 54.7 Å². The van der Waals surface area contributed by atoms with Crippen LogP contribution >= 0.6 is 11.3 Å². The first kappa shape index (κ1) is 24.4. The number of benzene rings is 1. The van der Waals surface area contributed by atoms with E-state index < -0.39 is 5.97 Å². The second-order valence-corrected chi connectivity index (χ2v) is 9.17. The fourth-order valence-corrected chi connectivity index (χ4v) is 4.94. The summed E-state index contributed by atoms with van der Waals surface area (Å²) in [6.45, 7) is 2.47. The Bertz CT molecular complexity index is 1310. The fraction of sp³-hybridized carbons (Fsp3) is 0.308. The van der Waals surface area contributed by atoms with E-state index >= 15 is 0 Å². The minimum atomic E-state index is -0.596. The van der Waals surface area contributed by atoms with E-state index in [0.717, 1.165) is 4.88 Å². The molecule has 0 spiro atoms. The average molecular weight is 495 g/mol. The van der Waals surface area contributed by atoms with E-state index in [4.69, 9.17) is 9.47 Å². The van der Waals surface area contributed by atoms with Crippen LogP contribution in [0.2, 0.25) is 0 Å². The van der Waals surface area contributed by atoms with Crippen LogP contribution in [0.3, 0.4) is 0 Å². The maximum Gasteiger partial charge on any atom is 0.343 e. The van der Waals surface area contributed by atoms with Crippen molar-refractivity contribution in [1.29, 1.82) is 0 Å². The molecule has 0 saturated heterocycles. The number of hydrogen-bond acceptors (Lipinski definition) is 7. The van der Waals surface area contributed by atoms with Gasteiger partial charge >= 0.3 is 5.97 Å². The molecule has 0 fully saturated rings. The number of thiophene rings is 1. The number of carbonyl (C=O) groups is 3. The molecule has 35 heavy (non-hydrogen) atoms. The van der Waals surface area contributed by atoms with Crippen LogP contribution in [0.4, 0.5) is 0 Å². The van der Waals surface area contributed by atoms with Crippen molar-refractivity contribution in [3.8, 4) is 5.75 Å². The quantitative estimate of drug-likeness (QED) is 0.370. The second-order valence-electron chi connectivity index (χ2n) is 8.13. The molecule has 3 aromatic rings. The van der Waals surface area contributed by atoms with Gasteiger partial charge in [-0.2, -0.15) is 0 Å². The molecule has 3 heterocycles. The van der Waals surface area contributed by atoms with E-state index in [1.54, 1.807) is 40.5 Å². The maximum absolute atomic E-state index is 13.3. The number of amides is 1. The largest absolute Gasteiger partial charge is 0.492 e. The molecule has 2 aromatic heterocycles. The molecule has 0 aliphatic carbocycles. The van der Waals surface area contributed by atoms with E-state index in [1.807, 2.05) is 17.5 Å². The molecule has 0 saturated carbocycles. The minimum Gasteiger partial charge on any atom is -0.492 e. The summed E-state index contributed by atoms with van der Waals surface area (Å²) in [5, 5.41) is 1.98. The second kappa shape index (κ2) is 10.7. The Labute approximate surface area is 206 Å². The predicted molar refractivity (Wildman–Crippen MR) is 132 cm³/mol. The number of fused-ring (bicyclic) bond motifs is 1. The van der Waals surface area contributed by atoms with Crippen LogP contribution in [-0.2, 0) is 24.1 Å². The Morgan fingerprint density at radius 2 is 1.80 bits per heavy atom. The van der Waals surface area contributed by atoms with Crippen LogP contribution in [0.5, 0.6) is 5.75 Å². The van der Waals surface area contributed by atoms with Crippen LogP contribution in [0.1, 0.15) is 48.6 Å². The molecule has 0 unspecified atom stereocenters. The lowest BCUT2D eigenvalue weighted by atomic mass is 10.0. The van der Waals surface area contributed by atoms with Gasteiger partial charge in [0.1, 0.15) is 11.3 Å². The van der Waals surface area contributed by atoms with Gasteiger partial charge in [0.25, 0.3) is 11.5 Å². The molecule has 1 aliphatic heterocycles. The number of carbonyl (C=O) groups excluding carboxylic acids is 3. The van der Waals surface area contributed by atoms with Crippen LogP contribution < -0.4 is 10.3 Å². The highest BCUT2D eigenvalue weighted by Crippen LogP contribution is 2.25. The number of rotatable bonds is 7. The third kappa shape index (κ3) is 5.19. The Morgan fingerprint density at radius 3 is 2.49 bits per heavy atom. The van der Waals surface area contributed by atoms with Crippen molar-refractivity contribution >= 4 is 29.0 Å². The Kier molecular flexibility index (Phi) is 7.45. The molecule has 1 aliphatic rings. The zero-order valence-electron chi connectivity index (χ0n) is 19.6. The normalized spacial score (nSPS) is 13.0. The molecule has 0 atom stereocenters. The van der Waals surface area contributed by atoms with Gasteiger partial charge in [0.15, 0.2) is 5.78 Å². The zero-order chi connectivity index (χ0) is 24.9. The van der Waals surface area contributed by atoms with E-state index in [0.29, 0.717) is 29.8 Å². The first-order valence-electron chi connectivity index (χ1n) is 11.3. The molecule has 182 valence electrons. The zero-order valence-corrected chi connectivity index (χ0v) is 20.4. The lowest BCUT2D eigenvalue weighted by Gasteiger charge is -2.21. The van der Waals surface area contributed by atoms with Crippen LogP contribution in [0.15, 0.2) is 52.6 Å². The summed E-state index contributed by atoms with van der Waals surface area (Å²) in [4.78, 5) is 53.7. The first-order valence-corrected chi connectivity index (χ1v) is 12.2. The van der Waals surface area contributed by atoms with Gasteiger partial charge in [0.05, 0.1) is 19.3 Å². The fourth-order valence-electron chi connectivity index (χ4n) is 4.25. The highest BCUT2D eigenvalue weighted by molar-refractivity contribution is 7.09. The van der Waals surface area contributed by atoms with E-state index in [-0.39, 0.29) is 54.6 Å². The summed E-state index contributed by atoms with van der Waals surface area (Å²) in [5.41, 5.74) is 1.05. The monoisotopic (exact) mass is 494 g/mol. The molecular weight excluding hydrogens is 468 g/mol. The smallest absolute Gasteiger partial charge is 0.343 e. The van der Waals surface area contributed by atoms with Gasteiger partial charge in [-0.3, -0.25) is 14.4 Å². The van der Waals surface area contributed by atoms with Crippen molar-refractivity contribution in [2.45, 2.75) is 26.3 Å². The summed E-state index contributed by atoms with van der Waals surface area (Å²) in [6.07, 6.45) is 0.907. The molecular formula is C26H26N2O6S. The number of esters is 1. The molecule has 0 bridgehead atoms. The van der Waals surface area contributed by atoms with Crippen molar-refractivity contribution < 1.29 is 23.9 Å². The SMILES string of the molecule is COC(=O)c1c(OCCc2cccs2)cc(=O)n2c1CCN(C(=O)c1ccccc1C(C)=O)CC2. The van der Waals surface area contributed by atoms with E-state index in [2.05, 4.69) is 0 Å². The number of Topliss-reactive ketones (excluding diaryl/α,β-unsaturated/α-hetero) is 1. The third-order valence-electron chi connectivity index (χ3n) is 5.99. The summed E-state index contributed by atoms with van der Waals surface area (Å²) >= 11 is 1.61. The Hall–Kier alpha value is -3.72. The van der Waals surface area contributed by atoms with Crippen molar-refractivity contribution in [3.05, 3.63) is 85.5 Å². The predicted octanol–water partition coefficient (Wildman–Crippen LogP) is 3.22. The van der Waals surface area contributed by atoms with Crippen molar-refractivity contribution in [2.24, 2.45) is 0 Å². The number of methoxy groups -OCH3 is 1. The summed E-state index contributed by atoms with van der Waals surface area (Å²) in [7, 11) is 1.28. The highest BCUT2D eigenvalue weighted by Gasteiger charge is 2.28. The first-order chi connectivity index (χ1) is 16.9. The molecule has 8 nitrogen and oxygen atoms in total. The molecule has 9 heteroatoms. The van der Waals surface area contributed by atoms with E-state index in [1.165, 1.54) is 24.7 Å².